The van der Waals surface area contributed by atoms with E-state index in [1.165, 1.54) is 0 Å². The summed E-state index contributed by atoms with van der Waals surface area (Å²) in [6.07, 6.45) is 0. The van der Waals surface area contributed by atoms with Gasteiger partial charge in [-0.2, -0.15) is 5.26 Å². The Bertz CT molecular complexity index is 1070. The van der Waals surface area contributed by atoms with E-state index in [-0.39, 0.29) is 0 Å². The van der Waals surface area contributed by atoms with Crippen LogP contribution in [0.3, 0.4) is 0 Å². The molecule has 0 amide bonds. The second-order valence-corrected chi connectivity index (χ2v) is 5.75. The third-order valence-corrected chi connectivity index (χ3v) is 4.05. The van der Waals surface area contributed by atoms with Gasteiger partial charge in [0.05, 0.1) is 11.6 Å². The van der Waals surface area contributed by atoms with Gasteiger partial charge >= 0.3 is 0 Å². The number of hydrogen-bond donors (Lipinski definition) is 0. The normalized spacial score (nSPS) is 10.3. The second kappa shape index (κ2) is 6.96. The van der Waals surface area contributed by atoms with Gasteiger partial charge in [-0.3, -0.25) is 0 Å². The third kappa shape index (κ3) is 3.06. The summed E-state index contributed by atoms with van der Waals surface area (Å²) in [5.41, 5.74) is 4.91. The molecule has 0 bridgehead atoms. The molecular formula is C22H14N4. The smallest absolute Gasteiger partial charge is 0.182 e. The zero-order chi connectivity index (χ0) is 17.8. The minimum Gasteiger partial charge on any atom is -0.224 e. The highest BCUT2D eigenvalue weighted by Gasteiger charge is 2.14. The van der Waals surface area contributed by atoms with Crippen molar-refractivity contribution in [3.8, 4) is 40.0 Å². The number of nitriles is 1. The van der Waals surface area contributed by atoms with Crippen molar-refractivity contribution in [3.05, 3.63) is 90.5 Å². The van der Waals surface area contributed by atoms with Crippen molar-refractivity contribution in [2.75, 3.05) is 0 Å². The highest BCUT2D eigenvalue weighted by Crippen LogP contribution is 2.29. The molecule has 0 saturated carbocycles. The Labute approximate surface area is 151 Å². The largest absolute Gasteiger partial charge is 0.224 e. The number of rotatable bonds is 3. The average molecular weight is 334 g/mol. The standard InChI is InChI=1S/C22H14N4/c23-15-16-11-13-19(14-12-16)22-24-20(17-7-3-1-4-8-17)21(25-26-22)18-9-5-2-6-10-18/h1-14H. The quantitative estimate of drug-likeness (QED) is 0.542. The van der Waals surface area contributed by atoms with Gasteiger partial charge in [0.2, 0.25) is 0 Å². The molecule has 1 aromatic heterocycles. The first-order valence-electron chi connectivity index (χ1n) is 8.21. The summed E-state index contributed by atoms with van der Waals surface area (Å²) in [6.45, 7) is 0. The maximum absolute atomic E-state index is 8.96. The van der Waals surface area contributed by atoms with Gasteiger partial charge in [0.25, 0.3) is 0 Å². The molecule has 0 N–H and O–H groups in total. The lowest BCUT2D eigenvalue weighted by Crippen LogP contribution is -2.00. The van der Waals surface area contributed by atoms with Crippen LogP contribution in [0.4, 0.5) is 0 Å². The molecule has 0 atom stereocenters. The zero-order valence-corrected chi connectivity index (χ0v) is 13.9. The molecule has 122 valence electrons. The Morgan fingerprint density at radius 1 is 0.577 bits per heavy atom. The Morgan fingerprint density at radius 3 is 1.73 bits per heavy atom. The third-order valence-electron chi connectivity index (χ3n) is 4.05. The predicted molar refractivity (Wildman–Crippen MR) is 101 cm³/mol. The first-order chi connectivity index (χ1) is 12.8. The van der Waals surface area contributed by atoms with Crippen LogP contribution in [0.5, 0.6) is 0 Å². The van der Waals surface area contributed by atoms with Crippen LogP contribution in [0.2, 0.25) is 0 Å². The van der Waals surface area contributed by atoms with E-state index in [2.05, 4.69) is 16.3 Å². The molecule has 3 aromatic carbocycles. The van der Waals surface area contributed by atoms with E-state index in [4.69, 9.17) is 10.2 Å². The van der Waals surface area contributed by atoms with E-state index in [0.717, 1.165) is 28.1 Å². The van der Waals surface area contributed by atoms with Crippen molar-refractivity contribution < 1.29 is 0 Å². The van der Waals surface area contributed by atoms with Crippen LogP contribution in [0.25, 0.3) is 33.9 Å². The minimum absolute atomic E-state index is 0.535. The summed E-state index contributed by atoms with van der Waals surface area (Å²) in [5, 5.41) is 17.8. The van der Waals surface area contributed by atoms with Crippen LogP contribution in [0.15, 0.2) is 84.9 Å². The Morgan fingerprint density at radius 2 is 1.15 bits per heavy atom. The van der Waals surface area contributed by atoms with E-state index in [1.807, 2.05) is 72.8 Å². The molecule has 4 heteroatoms. The number of benzene rings is 3. The maximum atomic E-state index is 8.96. The van der Waals surface area contributed by atoms with Gasteiger partial charge in [-0.15, -0.1) is 10.2 Å². The number of aromatic nitrogens is 3. The molecule has 0 aliphatic rings. The molecule has 4 nitrogen and oxygen atoms in total. The van der Waals surface area contributed by atoms with Crippen LogP contribution in [-0.2, 0) is 0 Å². The van der Waals surface area contributed by atoms with Gasteiger partial charge < -0.3 is 0 Å². The fraction of sp³-hybridized carbons (Fsp3) is 0. The fourth-order valence-electron chi connectivity index (χ4n) is 2.73. The summed E-state index contributed by atoms with van der Waals surface area (Å²) in [6, 6.07) is 29.2. The molecule has 0 aliphatic heterocycles. The van der Waals surface area contributed by atoms with Gasteiger partial charge in [-0.1, -0.05) is 60.7 Å². The molecule has 0 saturated heterocycles. The molecule has 4 rings (SSSR count). The van der Waals surface area contributed by atoms with Crippen molar-refractivity contribution in [2.24, 2.45) is 0 Å². The molecule has 0 aliphatic carbocycles. The first kappa shape index (κ1) is 15.7. The van der Waals surface area contributed by atoms with Crippen LogP contribution in [-0.4, -0.2) is 15.2 Å². The molecule has 0 spiro atoms. The molecular weight excluding hydrogens is 320 g/mol. The summed E-state index contributed by atoms with van der Waals surface area (Å²) in [4.78, 5) is 4.79. The average Bonchev–Trinajstić information content (AvgIpc) is 2.75. The fourth-order valence-corrected chi connectivity index (χ4v) is 2.73. The predicted octanol–water partition coefficient (Wildman–Crippen LogP) is 4.74. The summed E-state index contributed by atoms with van der Waals surface area (Å²) < 4.78 is 0. The molecule has 1 heterocycles. The molecule has 0 fully saturated rings. The van der Waals surface area contributed by atoms with Crippen molar-refractivity contribution in [3.63, 3.8) is 0 Å². The minimum atomic E-state index is 0.535. The zero-order valence-electron chi connectivity index (χ0n) is 13.9. The topological polar surface area (TPSA) is 62.5 Å². The SMILES string of the molecule is N#Cc1ccc(-c2nnc(-c3ccccc3)c(-c3ccccc3)n2)cc1. The highest BCUT2D eigenvalue weighted by atomic mass is 15.2. The first-order valence-corrected chi connectivity index (χ1v) is 8.21. The lowest BCUT2D eigenvalue weighted by molar-refractivity contribution is 0.991. The molecule has 0 unspecified atom stereocenters. The van der Waals surface area contributed by atoms with Crippen LogP contribution >= 0.6 is 0 Å². The Balaban J connectivity index is 1.88. The van der Waals surface area contributed by atoms with Crippen molar-refractivity contribution in [1.29, 1.82) is 5.26 Å². The van der Waals surface area contributed by atoms with Gasteiger partial charge in [-0.25, -0.2) is 4.98 Å². The van der Waals surface area contributed by atoms with Crippen molar-refractivity contribution in [1.82, 2.24) is 15.2 Å². The van der Waals surface area contributed by atoms with Crippen molar-refractivity contribution >= 4 is 0 Å². The van der Waals surface area contributed by atoms with E-state index >= 15 is 0 Å². The Kier molecular flexibility index (Phi) is 4.19. The molecule has 0 radical (unpaired) electrons. The lowest BCUT2D eigenvalue weighted by Gasteiger charge is -2.09. The van der Waals surface area contributed by atoms with Crippen LogP contribution in [0, 0.1) is 11.3 Å². The number of hydrogen-bond acceptors (Lipinski definition) is 4. The van der Waals surface area contributed by atoms with Gasteiger partial charge in [-0.05, 0) is 24.3 Å². The molecule has 4 aromatic rings. The maximum Gasteiger partial charge on any atom is 0.182 e. The summed E-state index contributed by atoms with van der Waals surface area (Å²) >= 11 is 0. The van der Waals surface area contributed by atoms with E-state index in [1.54, 1.807) is 12.1 Å². The van der Waals surface area contributed by atoms with Crippen LogP contribution < -0.4 is 0 Å². The van der Waals surface area contributed by atoms with Gasteiger partial charge in [0.1, 0.15) is 11.4 Å². The van der Waals surface area contributed by atoms with Gasteiger partial charge in [0, 0.05) is 16.7 Å². The van der Waals surface area contributed by atoms with Gasteiger partial charge in [0.15, 0.2) is 5.82 Å². The van der Waals surface area contributed by atoms with Crippen LogP contribution in [0.1, 0.15) is 5.56 Å². The van der Waals surface area contributed by atoms with E-state index in [9.17, 15) is 0 Å². The summed E-state index contributed by atoms with van der Waals surface area (Å²) in [7, 11) is 0. The van der Waals surface area contributed by atoms with E-state index < -0.39 is 0 Å². The number of nitrogens with zero attached hydrogens (tertiary/aromatic N) is 4. The highest BCUT2D eigenvalue weighted by molar-refractivity contribution is 5.78. The summed E-state index contributed by atoms with van der Waals surface area (Å²) in [5.74, 6) is 0.535. The van der Waals surface area contributed by atoms with Crippen molar-refractivity contribution in [2.45, 2.75) is 0 Å². The second-order valence-electron chi connectivity index (χ2n) is 5.75. The monoisotopic (exact) mass is 334 g/mol. The lowest BCUT2D eigenvalue weighted by atomic mass is 10.0. The van der Waals surface area contributed by atoms with E-state index in [0.29, 0.717) is 11.4 Å². The Hall–Kier alpha value is -3.84. The molecule has 26 heavy (non-hydrogen) atoms.